The lowest BCUT2D eigenvalue weighted by atomic mass is 10.0. The minimum atomic E-state index is -1.06. The predicted molar refractivity (Wildman–Crippen MR) is 100 cm³/mol. The molecule has 144 valence electrons. The topological polar surface area (TPSA) is 84.7 Å². The molecule has 0 saturated carbocycles. The maximum absolute atomic E-state index is 13.2. The van der Waals surface area contributed by atoms with E-state index in [1.54, 1.807) is 22.7 Å². The zero-order chi connectivity index (χ0) is 19.7. The number of morpholine rings is 1. The summed E-state index contributed by atoms with van der Waals surface area (Å²) in [5, 5.41) is 13.7. The number of rotatable bonds is 4. The molecule has 0 radical (unpaired) electrons. The number of carbonyl (C=O) groups excluding carboxylic acids is 1. The van der Waals surface area contributed by atoms with Crippen molar-refractivity contribution in [2.24, 2.45) is 0 Å². The van der Waals surface area contributed by atoms with E-state index in [4.69, 9.17) is 4.74 Å². The van der Waals surface area contributed by atoms with E-state index in [2.05, 4.69) is 5.10 Å². The number of benzene rings is 1. The molecule has 1 aliphatic rings. The smallest absolute Gasteiger partial charge is 0.334 e. The van der Waals surface area contributed by atoms with Crippen molar-refractivity contribution in [3.8, 4) is 5.69 Å². The van der Waals surface area contributed by atoms with Gasteiger partial charge in [-0.15, -0.1) is 0 Å². The number of hydrogen-bond acceptors (Lipinski definition) is 4. The van der Waals surface area contributed by atoms with Crippen molar-refractivity contribution < 1.29 is 19.4 Å². The average Bonchev–Trinajstić information content (AvgIpc) is 3.06. The van der Waals surface area contributed by atoms with Crippen LogP contribution >= 0.6 is 0 Å². The van der Waals surface area contributed by atoms with Crippen LogP contribution in [0.2, 0.25) is 0 Å². The van der Waals surface area contributed by atoms with Crippen LogP contribution in [0, 0.1) is 6.92 Å². The lowest BCUT2D eigenvalue weighted by molar-refractivity contribution is -0.160. The molecule has 2 heterocycles. The third-order valence-corrected chi connectivity index (χ3v) is 4.69. The molecule has 3 rings (SSSR count). The molecule has 2 atom stereocenters. The maximum Gasteiger partial charge on any atom is 0.334 e. The zero-order valence-electron chi connectivity index (χ0n) is 16.0. The van der Waals surface area contributed by atoms with Gasteiger partial charge in [0.1, 0.15) is 0 Å². The Morgan fingerprint density at radius 1 is 1.22 bits per heavy atom. The number of carbonyl (C=O) groups is 2. The average molecular weight is 371 g/mol. The first kappa shape index (κ1) is 19.1. The minimum absolute atomic E-state index is 0.0335. The highest BCUT2D eigenvalue weighted by Gasteiger charge is 2.34. The summed E-state index contributed by atoms with van der Waals surface area (Å²) in [4.78, 5) is 26.0. The SMILES string of the molecule is Cc1ccc(-n2ncc(C(=O)N3CC(C(=O)O)O[C@H](C)C3)c2C(C)C)cc1. The van der Waals surface area contributed by atoms with Gasteiger partial charge in [-0.05, 0) is 31.9 Å². The normalized spacial score (nSPS) is 20.1. The number of nitrogens with zero attached hydrogens (tertiary/aromatic N) is 3. The molecule has 27 heavy (non-hydrogen) atoms. The second-order valence-corrected chi connectivity index (χ2v) is 7.33. The predicted octanol–water partition coefficient (Wildman–Crippen LogP) is 2.62. The van der Waals surface area contributed by atoms with Gasteiger partial charge in [0.2, 0.25) is 0 Å². The first-order valence-electron chi connectivity index (χ1n) is 9.10. The second kappa shape index (κ2) is 7.52. The van der Waals surface area contributed by atoms with E-state index in [1.165, 1.54) is 0 Å². The third-order valence-electron chi connectivity index (χ3n) is 4.69. The molecule has 1 fully saturated rings. The number of aliphatic carboxylic acids is 1. The van der Waals surface area contributed by atoms with Gasteiger partial charge < -0.3 is 14.7 Å². The lowest BCUT2D eigenvalue weighted by Crippen LogP contribution is -2.51. The summed E-state index contributed by atoms with van der Waals surface area (Å²) in [6.07, 6.45) is 0.235. The summed E-state index contributed by atoms with van der Waals surface area (Å²) in [5.74, 6) is -1.20. The Hall–Kier alpha value is -2.67. The fourth-order valence-electron chi connectivity index (χ4n) is 3.39. The van der Waals surface area contributed by atoms with Gasteiger partial charge in [0, 0.05) is 6.54 Å². The molecule has 1 amide bonds. The summed E-state index contributed by atoms with van der Waals surface area (Å²) >= 11 is 0. The van der Waals surface area contributed by atoms with E-state index in [9.17, 15) is 14.7 Å². The maximum atomic E-state index is 13.2. The minimum Gasteiger partial charge on any atom is -0.479 e. The van der Waals surface area contributed by atoms with Crippen molar-refractivity contribution >= 4 is 11.9 Å². The standard InChI is InChI=1S/C20H25N3O4/c1-12(2)18-16(9-21-23(18)15-7-5-13(3)6-8-15)19(24)22-10-14(4)27-17(11-22)20(25)26/h5-9,12,14,17H,10-11H2,1-4H3,(H,25,26)/t14-,17?/m1/s1. The Kier molecular flexibility index (Phi) is 5.32. The number of carboxylic acids is 1. The fourth-order valence-corrected chi connectivity index (χ4v) is 3.39. The van der Waals surface area contributed by atoms with Crippen LogP contribution in [0.5, 0.6) is 0 Å². The highest BCUT2D eigenvalue weighted by Crippen LogP contribution is 2.25. The highest BCUT2D eigenvalue weighted by atomic mass is 16.5. The van der Waals surface area contributed by atoms with Crippen molar-refractivity contribution in [3.63, 3.8) is 0 Å². The molecule has 0 aliphatic carbocycles. The quantitative estimate of drug-likeness (QED) is 0.893. The van der Waals surface area contributed by atoms with E-state index < -0.39 is 12.1 Å². The zero-order valence-corrected chi connectivity index (χ0v) is 16.0. The monoisotopic (exact) mass is 371 g/mol. The van der Waals surface area contributed by atoms with Gasteiger partial charge in [-0.1, -0.05) is 31.5 Å². The van der Waals surface area contributed by atoms with E-state index in [0.717, 1.165) is 16.9 Å². The van der Waals surface area contributed by atoms with Crippen LogP contribution in [0.15, 0.2) is 30.5 Å². The van der Waals surface area contributed by atoms with Gasteiger partial charge in [-0.25, -0.2) is 9.48 Å². The van der Waals surface area contributed by atoms with Crippen LogP contribution < -0.4 is 0 Å². The molecule has 1 saturated heterocycles. The largest absolute Gasteiger partial charge is 0.479 e. The van der Waals surface area contributed by atoms with E-state index in [-0.39, 0.29) is 24.5 Å². The van der Waals surface area contributed by atoms with Crippen molar-refractivity contribution in [3.05, 3.63) is 47.3 Å². The van der Waals surface area contributed by atoms with Crippen molar-refractivity contribution in [2.45, 2.75) is 45.8 Å². The first-order chi connectivity index (χ1) is 12.8. The van der Waals surface area contributed by atoms with E-state index >= 15 is 0 Å². The van der Waals surface area contributed by atoms with E-state index in [0.29, 0.717) is 12.1 Å². The Bertz CT molecular complexity index is 841. The molecular formula is C20H25N3O4. The van der Waals surface area contributed by atoms with Crippen LogP contribution in [0.4, 0.5) is 0 Å². The summed E-state index contributed by atoms with van der Waals surface area (Å²) in [7, 11) is 0. The first-order valence-corrected chi connectivity index (χ1v) is 9.10. The molecule has 7 nitrogen and oxygen atoms in total. The molecule has 7 heteroatoms. The highest BCUT2D eigenvalue weighted by molar-refractivity contribution is 5.96. The van der Waals surface area contributed by atoms with Gasteiger partial charge in [-0.2, -0.15) is 5.10 Å². The number of aromatic nitrogens is 2. The molecular weight excluding hydrogens is 346 g/mol. The molecule has 2 aromatic rings. The Morgan fingerprint density at radius 2 is 1.89 bits per heavy atom. The van der Waals surface area contributed by atoms with Gasteiger partial charge in [0.05, 0.1) is 35.8 Å². The molecule has 0 bridgehead atoms. The molecule has 1 N–H and O–H groups in total. The second-order valence-electron chi connectivity index (χ2n) is 7.33. The molecule has 1 aromatic heterocycles. The summed E-state index contributed by atoms with van der Waals surface area (Å²) < 4.78 is 7.20. The summed E-state index contributed by atoms with van der Waals surface area (Å²) in [6.45, 7) is 8.21. The third kappa shape index (κ3) is 3.88. The van der Waals surface area contributed by atoms with Gasteiger partial charge in [0.15, 0.2) is 6.10 Å². The number of hydrogen-bond donors (Lipinski definition) is 1. The Labute approximate surface area is 158 Å². The molecule has 0 spiro atoms. The van der Waals surface area contributed by atoms with Crippen LogP contribution in [-0.4, -0.2) is 57.0 Å². The lowest BCUT2D eigenvalue weighted by Gasteiger charge is -2.35. The Balaban J connectivity index is 1.95. The number of ether oxygens (including phenoxy) is 1. The summed E-state index contributed by atoms with van der Waals surface area (Å²) in [6, 6.07) is 7.95. The van der Waals surface area contributed by atoms with Crippen LogP contribution in [0.3, 0.4) is 0 Å². The van der Waals surface area contributed by atoms with E-state index in [1.807, 2.05) is 45.0 Å². The summed E-state index contributed by atoms with van der Waals surface area (Å²) in [5.41, 5.74) is 3.36. The number of amides is 1. The van der Waals surface area contributed by atoms with Crippen LogP contribution in [0.1, 0.15) is 48.3 Å². The van der Waals surface area contributed by atoms with Crippen molar-refractivity contribution in [1.82, 2.24) is 14.7 Å². The van der Waals surface area contributed by atoms with Gasteiger partial charge in [0.25, 0.3) is 5.91 Å². The number of aryl methyl sites for hydroxylation is 1. The number of carboxylic acid groups (broad SMARTS) is 1. The fraction of sp³-hybridized carbons (Fsp3) is 0.450. The van der Waals surface area contributed by atoms with Crippen LogP contribution in [-0.2, 0) is 9.53 Å². The molecule has 1 aliphatic heterocycles. The van der Waals surface area contributed by atoms with Gasteiger partial charge in [-0.3, -0.25) is 4.79 Å². The Morgan fingerprint density at radius 3 is 2.48 bits per heavy atom. The molecule has 1 aromatic carbocycles. The van der Waals surface area contributed by atoms with Crippen LogP contribution in [0.25, 0.3) is 5.69 Å². The van der Waals surface area contributed by atoms with Gasteiger partial charge >= 0.3 is 5.97 Å². The molecule has 1 unspecified atom stereocenters. The van der Waals surface area contributed by atoms with Crippen molar-refractivity contribution in [2.75, 3.05) is 13.1 Å². The van der Waals surface area contributed by atoms with Crippen molar-refractivity contribution in [1.29, 1.82) is 0 Å².